The monoisotopic (exact) mass is 353 g/mol. The second-order valence-electron chi connectivity index (χ2n) is 5.77. The minimum absolute atomic E-state index is 0.133. The topological polar surface area (TPSA) is 47.8 Å². The van der Waals surface area contributed by atoms with E-state index in [-0.39, 0.29) is 22.3 Å². The number of hydrogen-bond donors (Lipinski definition) is 2. The lowest BCUT2D eigenvalue weighted by Gasteiger charge is -2.30. The largest absolute Gasteiger partial charge is 0.354 e. The zero-order valence-electron chi connectivity index (χ0n) is 13.6. The lowest BCUT2D eigenvalue weighted by Crippen LogP contribution is -2.46. The molecule has 3 rings (SSSR count). The summed E-state index contributed by atoms with van der Waals surface area (Å²) in [6.07, 6.45) is -0.810. The average Bonchev–Trinajstić information content (AvgIpc) is 2.65. The lowest BCUT2D eigenvalue weighted by molar-refractivity contribution is 0.396. The average molecular weight is 354 g/mol. The van der Waals surface area contributed by atoms with Gasteiger partial charge < -0.3 is 5.32 Å². The molecule has 1 heterocycles. The Morgan fingerprint density at radius 2 is 1.60 bits per heavy atom. The molecule has 25 heavy (non-hydrogen) atoms. The zero-order valence-corrected chi connectivity index (χ0v) is 14.4. The molecule has 0 aromatic heterocycles. The van der Waals surface area contributed by atoms with Gasteiger partial charge in [-0.15, -0.1) is 0 Å². The first-order chi connectivity index (χ1) is 12.1. The number of nitrogens with zero attached hydrogens (tertiary/aromatic N) is 1. The second-order valence-corrected chi connectivity index (χ2v) is 6.15. The summed E-state index contributed by atoms with van der Waals surface area (Å²) < 4.78 is 14.8. The van der Waals surface area contributed by atoms with E-state index in [1.807, 2.05) is 66.7 Å². The summed E-state index contributed by atoms with van der Waals surface area (Å²) in [7, 11) is 0. The molecule has 126 valence electrons. The van der Waals surface area contributed by atoms with E-state index in [0.29, 0.717) is 0 Å². The fraction of sp³-hybridized carbons (Fsp3) is 0.150. The van der Waals surface area contributed by atoms with E-state index >= 15 is 0 Å². The van der Waals surface area contributed by atoms with E-state index in [2.05, 4.69) is 10.6 Å². The fourth-order valence-corrected chi connectivity index (χ4v) is 3.15. The quantitative estimate of drug-likeness (QED) is 0.795. The number of dihydropyridines is 1. The molecule has 0 saturated carbocycles. The van der Waals surface area contributed by atoms with Crippen LogP contribution >= 0.6 is 11.6 Å². The zero-order chi connectivity index (χ0) is 17.8. The molecule has 3 nitrogen and oxygen atoms in total. The minimum Gasteiger partial charge on any atom is -0.354 e. The molecule has 2 N–H and O–H groups in total. The molecule has 1 atom stereocenters. The summed E-state index contributed by atoms with van der Waals surface area (Å²) in [6, 6.07) is 21.3. The molecule has 0 bridgehead atoms. The molecule has 5 heteroatoms. The lowest BCUT2D eigenvalue weighted by atomic mass is 9.97. The molecule has 0 amide bonds. The van der Waals surface area contributed by atoms with Crippen molar-refractivity contribution in [2.75, 3.05) is 0 Å². The van der Waals surface area contributed by atoms with Gasteiger partial charge >= 0.3 is 0 Å². The Hall–Kier alpha value is -2.61. The van der Waals surface area contributed by atoms with E-state index in [1.54, 1.807) is 6.92 Å². The maximum absolute atomic E-state index is 14.8. The van der Waals surface area contributed by atoms with Crippen molar-refractivity contribution >= 4 is 11.6 Å². The first kappa shape index (κ1) is 17.2. The van der Waals surface area contributed by atoms with Gasteiger partial charge in [0.15, 0.2) is 0 Å². The van der Waals surface area contributed by atoms with Gasteiger partial charge in [0.2, 0.25) is 0 Å². The van der Waals surface area contributed by atoms with Gasteiger partial charge in [0.05, 0.1) is 11.6 Å². The van der Waals surface area contributed by atoms with Gasteiger partial charge in [-0.25, -0.2) is 4.39 Å². The van der Waals surface area contributed by atoms with Crippen molar-refractivity contribution in [1.82, 2.24) is 10.6 Å². The molecule has 2 aromatic carbocycles. The Labute approximate surface area is 151 Å². The summed E-state index contributed by atoms with van der Waals surface area (Å²) in [5.41, 5.74) is 2.40. The molecule has 1 unspecified atom stereocenters. The van der Waals surface area contributed by atoms with Crippen LogP contribution in [-0.2, 0) is 0 Å². The summed E-state index contributed by atoms with van der Waals surface area (Å²) in [6.45, 7) is 1.56. The minimum atomic E-state index is -0.810. The van der Waals surface area contributed by atoms with Crippen LogP contribution in [0.2, 0.25) is 0 Å². The highest BCUT2D eigenvalue weighted by Crippen LogP contribution is 2.29. The van der Waals surface area contributed by atoms with Gasteiger partial charge in [-0.05, 0) is 18.1 Å². The molecule has 0 saturated heterocycles. The maximum atomic E-state index is 14.8. The smallest absolute Gasteiger partial charge is 0.141 e. The van der Waals surface area contributed by atoms with Crippen molar-refractivity contribution in [3.05, 3.63) is 93.9 Å². The van der Waals surface area contributed by atoms with Crippen molar-refractivity contribution < 1.29 is 4.39 Å². The van der Waals surface area contributed by atoms with Crippen LogP contribution in [-0.4, -0.2) is 6.17 Å². The summed E-state index contributed by atoms with van der Waals surface area (Å²) in [5, 5.41) is 15.4. The van der Waals surface area contributed by atoms with Crippen molar-refractivity contribution in [3.63, 3.8) is 0 Å². The van der Waals surface area contributed by atoms with Crippen LogP contribution in [0.3, 0.4) is 0 Å². The van der Waals surface area contributed by atoms with Crippen LogP contribution in [0.4, 0.5) is 4.39 Å². The molecular formula is C20H17ClFN3. The SMILES string of the molecule is CC1=C(F)C(NC(c2ccccc2)c2ccccc2)NC(Cl)=C1C#N. The number of allylic oxidation sites excluding steroid dienone is 2. The van der Waals surface area contributed by atoms with Crippen molar-refractivity contribution in [3.8, 4) is 6.07 Å². The van der Waals surface area contributed by atoms with Gasteiger partial charge in [-0.3, -0.25) is 5.32 Å². The third-order valence-electron chi connectivity index (χ3n) is 4.19. The third kappa shape index (κ3) is 3.58. The van der Waals surface area contributed by atoms with E-state index in [0.717, 1.165) is 11.1 Å². The molecule has 0 aliphatic carbocycles. The Morgan fingerprint density at radius 3 is 2.08 bits per heavy atom. The highest BCUT2D eigenvalue weighted by molar-refractivity contribution is 6.30. The highest BCUT2D eigenvalue weighted by Gasteiger charge is 2.29. The number of benzene rings is 2. The highest BCUT2D eigenvalue weighted by atomic mass is 35.5. The van der Waals surface area contributed by atoms with E-state index in [9.17, 15) is 4.39 Å². The van der Waals surface area contributed by atoms with Gasteiger partial charge in [0, 0.05) is 5.57 Å². The Balaban J connectivity index is 1.95. The first-order valence-electron chi connectivity index (χ1n) is 7.90. The molecular weight excluding hydrogens is 337 g/mol. The number of nitriles is 1. The number of nitrogens with one attached hydrogen (secondary N) is 2. The van der Waals surface area contributed by atoms with Crippen LogP contribution in [0.15, 0.2) is 82.8 Å². The van der Waals surface area contributed by atoms with Crippen LogP contribution in [0.5, 0.6) is 0 Å². The predicted octanol–water partition coefficient (Wildman–Crippen LogP) is 4.51. The van der Waals surface area contributed by atoms with Crippen molar-refractivity contribution in [2.24, 2.45) is 0 Å². The summed E-state index contributed by atoms with van der Waals surface area (Å²) >= 11 is 6.12. The summed E-state index contributed by atoms with van der Waals surface area (Å²) in [5.74, 6) is -0.433. The first-order valence-corrected chi connectivity index (χ1v) is 8.28. The van der Waals surface area contributed by atoms with Crippen LogP contribution in [0.1, 0.15) is 24.1 Å². The fourth-order valence-electron chi connectivity index (χ4n) is 2.85. The van der Waals surface area contributed by atoms with Gasteiger partial charge in [0.1, 0.15) is 23.2 Å². The second kappa shape index (κ2) is 7.52. The third-order valence-corrected chi connectivity index (χ3v) is 4.49. The van der Waals surface area contributed by atoms with E-state index < -0.39 is 12.0 Å². The number of halogens is 2. The van der Waals surface area contributed by atoms with Crippen LogP contribution < -0.4 is 10.6 Å². The molecule has 2 aromatic rings. The van der Waals surface area contributed by atoms with Crippen LogP contribution in [0.25, 0.3) is 0 Å². The van der Waals surface area contributed by atoms with Gasteiger partial charge in [-0.2, -0.15) is 5.26 Å². The standard InChI is InChI=1S/C20H17ClFN3/c1-13-16(12-23)19(21)25-20(17(13)22)24-18(14-8-4-2-5-9-14)15-10-6-3-7-11-15/h2-11,18,20,24-25H,1H3. The molecule has 0 radical (unpaired) electrons. The summed E-state index contributed by atoms with van der Waals surface area (Å²) in [4.78, 5) is 0. The van der Waals surface area contributed by atoms with Crippen molar-refractivity contribution in [2.45, 2.75) is 19.1 Å². The van der Waals surface area contributed by atoms with E-state index in [4.69, 9.17) is 16.9 Å². The van der Waals surface area contributed by atoms with Crippen LogP contribution in [0, 0.1) is 11.3 Å². The molecule has 0 spiro atoms. The molecule has 0 fully saturated rings. The normalized spacial score (nSPS) is 17.5. The van der Waals surface area contributed by atoms with Crippen molar-refractivity contribution in [1.29, 1.82) is 5.26 Å². The number of hydrogen-bond acceptors (Lipinski definition) is 3. The maximum Gasteiger partial charge on any atom is 0.141 e. The Morgan fingerprint density at radius 1 is 1.08 bits per heavy atom. The Bertz CT molecular complexity index is 814. The molecule has 1 aliphatic rings. The van der Waals surface area contributed by atoms with Gasteiger partial charge in [-0.1, -0.05) is 72.3 Å². The predicted molar refractivity (Wildman–Crippen MR) is 97.1 cm³/mol. The van der Waals surface area contributed by atoms with Gasteiger partial charge in [0.25, 0.3) is 0 Å². The Kier molecular flexibility index (Phi) is 5.18. The van der Waals surface area contributed by atoms with E-state index in [1.165, 1.54) is 0 Å². The number of rotatable bonds is 4. The molecule has 1 aliphatic heterocycles.